The summed E-state index contributed by atoms with van der Waals surface area (Å²) in [6.07, 6.45) is -17.7. The van der Waals surface area contributed by atoms with Gasteiger partial charge < -0.3 is 19.9 Å². The summed E-state index contributed by atoms with van der Waals surface area (Å²) in [7, 11) is -2.85. The average Bonchev–Trinajstić information content (AvgIpc) is 3.01. The molecule has 6 heteroatoms. The molecule has 1 aromatic rings. The van der Waals surface area contributed by atoms with Gasteiger partial charge in [0.1, 0.15) is 12.1 Å². The lowest BCUT2D eigenvalue weighted by molar-refractivity contribution is -0.160. The van der Waals surface area contributed by atoms with Crippen LogP contribution in [0.2, 0.25) is 0 Å². The molecule has 2 heterocycles. The number of nitrogens with two attached hydrogens (primary N) is 1. The van der Waals surface area contributed by atoms with Gasteiger partial charge in [-0.1, -0.05) is 27.4 Å². The van der Waals surface area contributed by atoms with Crippen molar-refractivity contribution in [1.82, 2.24) is 4.90 Å². The van der Waals surface area contributed by atoms with E-state index >= 15 is 0 Å². The number of hydrogen-bond acceptors (Lipinski definition) is 6. The third kappa shape index (κ3) is 4.75. The number of carbonyl (C=O) groups is 1. The minimum Gasteiger partial charge on any atom is -0.493 e. The van der Waals surface area contributed by atoms with Gasteiger partial charge in [-0.25, -0.2) is 0 Å². The van der Waals surface area contributed by atoms with Crippen LogP contribution in [-0.4, -0.2) is 50.1 Å². The Morgan fingerprint density at radius 1 is 1.43 bits per heavy atom. The molecule has 0 saturated carbocycles. The maximum atomic E-state index is 14.0. The van der Waals surface area contributed by atoms with Crippen LogP contribution in [0, 0.1) is 17.7 Å². The molecule has 4 atom stereocenters. The van der Waals surface area contributed by atoms with E-state index < -0.39 is 148 Å². The summed E-state index contributed by atoms with van der Waals surface area (Å²) in [5, 5.41) is 0. The maximum Gasteiger partial charge on any atom is 0.323 e. The molecular formula is C24H38N2O4. The van der Waals surface area contributed by atoms with Crippen LogP contribution in [0.1, 0.15) is 99.8 Å². The van der Waals surface area contributed by atoms with Crippen molar-refractivity contribution in [1.29, 1.82) is 0 Å². The van der Waals surface area contributed by atoms with Crippen molar-refractivity contribution in [2.75, 3.05) is 27.1 Å². The molecule has 2 aliphatic rings. The monoisotopic (exact) mass is 449 g/mol. The fourth-order valence-electron chi connectivity index (χ4n) is 2.57. The Hall–Kier alpha value is -1.79. The number of methoxy groups -OCH3 is 2. The SMILES string of the molecule is [2H]c1c(OC([2H])([2H])[2H])c(OC)c([2H])c2c1C1N(C([2H])([2H])C2([2H])[2H])C([2H])([2H])C([2H])(C([2H])([2H])C([2H])(C([2H])([2H])[2H])C([2H])([2H])[2H])C(OC(=O)[C@@]([2H])(N)C([2H])(C([2H])([2H])[2H])C([2H])([2H])[2H])C1([2H])[2H]. The average molecular weight is 450 g/mol. The van der Waals surface area contributed by atoms with Crippen molar-refractivity contribution < 1.29 is 61.5 Å². The fraction of sp³-hybridized carbons (Fsp3) is 0.708. The van der Waals surface area contributed by atoms with Crippen LogP contribution in [0.3, 0.4) is 0 Å². The number of benzene rings is 1. The summed E-state index contributed by atoms with van der Waals surface area (Å²) in [6, 6.07) is -10.8. The first-order chi connectivity index (χ1) is 26.4. The van der Waals surface area contributed by atoms with Crippen molar-refractivity contribution in [3.8, 4) is 11.5 Å². The van der Waals surface area contributed by atoms with Gasteiger partial charge in [0, 0.05) is 65.6 Å². The molecule has 2 N–H and O–H groups in total. The largest absolute Gasteiger partial charge is 0.493 e. The van der Waals surface area contributed by atoms with E-state index in [2.05, 4.69) is 0 Å². The van der Waals surface area contributed by atoms with E-state index in [0.717, 1.165) is 7.11 Å². The Bertz CT molecular complexity index is 1880. The van der Waals surface area contributed by atoms with Gasteiger partial charge >= 0.3 is 5.97 Å². The minimum absolute atomic E-state index is 0.698. The molecule has 0 bridgehead atoms. The first-order valence-electron chi connectivity index (χ1n) is 23.6. The zero-order chi connectivity index (χ0) is 48.9. The second kappa shape index (κ2) is 9.56. The van der Waals surface area contributed by atoms with Crippen molar-refractivity contribution >= 4 is 5.97 Å². The molecule has 0 amide bonds. The quantitative estimate of drug-likeness (QED) is 0.642. The Labute approximate surface area is 224 Å². The number of rotatable bonds is 7. The van der Waals surface area contributed by atoms with Crippen molar-refractivity contribution in [2.24, 2.45) is 23.4 Å². The molecule has 3 rings (SSSR count). The molecule has 0 radical (unpaired) electrons. The molecule has 6 nitrogen and oxygen atoms in total. The molecule has 168 valence electrons. The first kappa shape index (κ1) is 5.57. The van der Waals surface area contributed by atoms with Crippen LogP contribution >= 0.6 is 0 Å². The second-order valence-electron chi connectivity index (χ2n) is 5.78. The number of esters is 1. The third-order valence-corrected chi connectivity index (χ3v) is 3.89. The molecule has 0 aliphatic carbocycles. The van der Waals surface area contributed by atoms with Crippen molar-refractivity contribution in [3.63, 3.8) is 0 Å². The van der Waals surface area contributed by atoms with Crippen LogP contribution in [0.15, 0.2) is 12.1 Å². The summed E-state index contributed by atoms with van der Waals surface area (Å²) in [5.74, 6) is -19.9. The number of hydrogen-bond donors (Lipinski definition) is 1. The van der Waals surface area contributed by atoms with E-state index in [9.17, 15) is 11.6 Å². The lowest BCUT2D eigenvalue weighted by Crippen LogP contribution is -2.51. The van der Waals surface area contributed by atoms with Gasteiger partial charge in [-0.2, -0.15) is 0 Å². The van der Waals surface area contributed by atoms with E-state index in [-0.39, 0.29) is 0 Å². The molecule has 1 saturated heterocycles. The molecule has 1 fully saturated rings. The van der Waals surface area contributed by atoms with Gasteiger partial charge in [0.2, 0.25) is 0 Å². The van der Waals surface area contributed by atoms with Crippen LogP contribution in [0.4, 0.5) is 0 Å². The number of fused-ring (bicyclic) bond motifs is 3. The maximum absolute atomic E-state index is 14.0. The van der Waals surface area contributed by atoms with Gasteiger partial charge in [-0.15, -0.1) is 0 Å². The highest BCUT2D eigenvalue weighted by atomic mass is 16.5. The zero-order valence-corrected chi connectivity index (χ0v) is 15.3. The Morgan fingerprint density at radius 3 is 2.93 bits per heavy atom. The molecule has 0 aromatic heterocycles. The Kier molecular flexibility index (Phi) is 1.78. The number of piperidine rings is 1. The first-order valence-corrected chi connectivity index (χ1v) is 8.06. The highest BCUT2D eigenvalue weighted by Gasteiger charge is 2.41. The van der Waals surface area contributed by atoms with E-state index in [1.54, 1.807) is 0 Å². The van der Waals surface area contributed by atoms with Gasteiger partial charge in [0.25, 0.3) is 0 Å². The summed E-state index contributed by atoms with van der Waals surface area (Å²) in [5.41, 5.74) is 2.64. The smallest absolute Gasteiger partial charge is 0.323 e. The Morgan fingerprint density at radius 2 is 2.23 bits per heavy atom. The van der Waals surface area contributed by atoms with Crippen LogP contribution < -0.4 is 15.2 Å². The van der Waals surface area contributed by atoms with E-state index in [1.165, 1.54) is 0 Å². The highest BCUT2D eigenvalue weighted by molar-refractivity contribution is 5.76. The minimum atomic E-state index is -5.14. The van der Waals surface area contributed by atoms with Gasteiger partial charge in [-0.05, 0) is 47.7 Å². The summed E-state index contributed by atoms with van der Waals surface area (Å²) in [6.45, 7) is -26.9. The summed E-state index contributed by atoms with van der Waals surface area (Å²) >= 11 is 0. The van der Waals surface area contributed by atoms with E-state index in [1.807, 2.05) is 0 Å². The van der Waals surface area contributed by atoms with E-state index in [4.69, 9.17) is 55.6 Å². The Balaban J connectivity index is 2.80. The number of carbonyl (C=O) groups excluding carboxylic acids is 1. The lowest BCUT2D eigenvalue weighted by Gasteiger charge is -2.47. The molecule has 3 unspecified atom stereocenters. The zero-order valence-electron chi connectivity index (χ0n) is 46.3. The molecule has 1 aromatic carbocycles. The lowest BCUT2D eigenvalue weighted by atomic mass is 9.79. The summed E-state index contributed by atoms with van der Waals surface area (Å²) < 4.78 is 275. The van der Waals surface area contributed by atoms with Gasteiger partial charge in [-0.3, -0.25) is 9.69 Å². The predicted octanol–water partition coefficient (Wildman–Crippen LogP) is 3.56. The van der Waals surface area contributed by atoms with Crippen LogP contribution in [-0.2, 0) is 15.9 Å². The normalized spacial score (nSPS) is 53.6. The number of ether oxygens (including phenoxy) is 3. The molecule has 30 heavy (non-hydrogen) atoms. The predicted molar refractivity (Wildman–Crippen MR) is 118 cm³/mol. The van der Waals surface area contributed by atoms with Gasteiger partial charge in [0.15, 0.2) is 11.5 Å². The topological polar surface area (TPSA) is 74.0 Å². The fourth-order valence-corrected chi connectivity index (χ4v) is 2.57. The number of nitrogens with zero attached hydrogens (tertiary/aromatic N) is 1. The van der Waals surface area contributed by atoms with E-state index in [0.29, 0.717) is 0 Å². The van der Waals surface area contributed by atoms with Crippen molar-refractivity contribution in [2.45, 2.75) is 64.7 Å². The second-order valence-corrected chi connectivity index (χ2v) is 5.78. The van der Waals surface area contributed by atoms with Crippen molar-refractivity contribution in [3.05, 3.63) is 23.2 Å². The molecular weight excluding hydrogens is 380 g/mol. The summed E-state index contributed by atoms with van der Waals surface area (Å²) in [4.78, 5) is 13.4. The standard InChI is InChI=1S/C24H38N2O4/c1-14(2)9-17-13-26-8-7-16-10-21(28-5)22(29-6)11-18(16)19(26)12-20(17)30-24(27)23(25)15(3)4/h10-11,14-15,17,19-20,23H,7-9,12-13,25H2,1-6H3/t17?,19?,20?,23-/m0/s1/i1D3,2D3,3D3,4D3,6D3,7D2,8D2,9D2,10D,11D,12D2,13D2,14D,15D,17D,23D. The molecule has 2 aliphatic heterocycles. The van der Waals surface area contributed by atoms with Gasteiger partial charge in [0.05, 0.1) is 22.4 Å². The van der Waals surface area contributed by atoms with Crippen LogP contribution in [0.25, 0.3) is 0 Å². The highest BCUT2D eigenvalue weighted by Crippen LogP contribution is 2.44. The van der Waals surface area contributed by atoms with Crippen LogP contribution in [0.5, 0.6) is 11.5 Å². The third-order valence-electron chi connectivity index (χ3n) is 3.89. The molecule has 0 spiro atoms.